The van der Waals surface area contributed by atoms with Gasteiger partial charge in [-0.1, -0.05) is 36.4 Å². The van der Waals surface area contributed by atoms with E-state index < -0.39 is 0 Å². The third kappa shape index (κ3) is 3.88. The smallest absolute Gasteiger partial charge is 0.119 e. The highest BCUT2D eigenvalue weighted by molar-refractivity contribution is 6.05. The Balaban J connectivity index is 1.14. The van der Waals surface area contributed by atoms with Gasteiger partial charge in [-0.15, -0.1) is 0 Å². The zero-order valence-corrected chi connectivity index (χ0v) is 18.8. The van der Waals surface area contributed by atoms with Crippen LogP contribution in [0.15, 0.2) is 65.8 Å². The van der Waals surface area contributed by atoms with Gasteiger partial charge in [0.2, 0.25) is 0 Å². The normalized spacial score (nSPS) is 19.7. The number of hydrogen-bond acceptors (Lipinski definition) is 4. The minimum Gasteiger partial charge on any atom is -0.497 e. The molecule has 164 valence electrons. The lowest BCUT2D eigenvalue weighted by Gasteiger charge is -2.39. The van der Waals surface area contributed by atoms with E-state index in [2.05, 4.69) is 70.6 Å². The van der Waals surface area contributed by atoms with E-state index in [1.807, 2.05) is 0 Å². The van der Waals surface area contributed by atoms with Crippen molar-refractivity contribution in [2.45, 2.75) is 44.8 Å². The van der Waals surface area contributed by atoms with Crippen molar-refractivity contribution in [3.63, 3.8) is 0 Å². The molecule has 0 atom stereocenters. The van der Waals surface area contributed by atoms with Gasteiger partial charge in [-0.2, -0.15) is 5.10 Å². The van der Waals surface area contributed by atoms with Crippen molar-refractivity contribution in [2.24, 2.45) is 11.0 Å². The molecule has 4 heteroatoms. The Labute approximate surface area is 190 Å². The van der Waals surface area contributed by atoms with Crippen LogP contribution in [0.3, 0.4) is 0 Å². The third-order valence-electron chi connectivity index (χ3n) is 7.32. The standard InChI is InChI=1S/C28H31N3O/c1-32-26-10-11-27-24(17-26)19-31(29-28(27)22-8-9-22)25-12-14-30(15-13-25)18-20-6-7-21-4-2-3-5-23(21)16-20/h2-7,10-11,16-17,22,25H,8-9,12-15,18-19H2,1H3. The summed E-state index contributed by atoms with van der Waals surface area (Å²) >= 11 is 0. The molecule has 1 saturated heterocycles. The molecule has 2 heterocycles. The van der Waals surface area contributed by atoms with E-state index in [0.29, 0.717) is 12.0 Å². The molecule has 0 unspecified atom stereocenters. The lowest BCUT2D eigenvalue weighted by Crippen LogP contribution is -2.44. The Morgan fingerprint density at radius 3 is 2.50 bits per heavy atom. The van der Waals surface area contributed by atoms with Gasteiger partial charge in [0.1, 0.15) is 5.75 Å². The molecule has 0 bridgehead atoms. The summed E-state index contributed by atoms with van der Waals surface area (Å²) in [6.07, 6.45) is 4.91. The summed E-state index contributed by atoms with van der Waals surface area (Å²) in [6, 6.07) is 22.6. The van der Waals surface area contributed by atoms with Gasteiger partial charge in [0, 0.05) is 37.2 Å². The monoisotopic (exact) mass is 425 g/mol. The van der Waals surface area contributed by atoms with Crippen LogP contribution in [0.25, 0.3) is 10.8 Å². The molecule has 2 fully saturated rings. The van der Waals surface area contributed by atoms with Gasteiger partial charge in [-0.05, 0) is 71.8 Å². The maximum absolute atomic E-state index is 5.50. The van der Waals surface area contributed by atoms with E-state index in [0.717, 1.165) is 31.9 Å². The molecule has 0 amide bonds. The molecule has 0 aromatic heterocycles. The van der Waals surface area contributed by atoms with Crippen LogP contribution in [0.1, 0.15) is 42.4 Å². The second kappa shape index (κ2) is 8.25. The van der Waals surface area contributed by atoms with E-state index in [-0.39, 0.29) is 0 Å². The first-order valence-corrected chi connectivity index (χ1v) is 12.0. The van der Waals surface area contributed by atoms with Crippen LogP contribution >= 0.6 is 0 Å². The van der Waals surface area contributed by atoms with Crippen molar-refractivity contribution in [1.29, 1.82) is 0 Å². The van der Waals surface area contributed by atoms with Crippen LogP contribution in [0, 0.1) is 5.92 Å². The molecule has 6 rings (SSSR count). The van der Waals surface area contributed by atoms with Gasteiger partial charge >= 0.3 is 0 Å². The highest BCUT2D eigenvalue weighted by Gasteiger charge is 2.35. The third-order valence-corrected chi connectivity index (χ3v) is 7.32. The molecule has 2 aliphatic heterocycles. The Hall–Kier alpha value is -2.85. The number of methoxy groups -OCH3 is 1. The lowest BCUT2D eigenvalue weighted by molar-refractivity contribution is 0.0999. The average Bonchev–Trinajstić information content (AvgIpc) is 3.69. The number of hydrazone groups is 1. The number of nitrogens with zero attached hydrogens (tertiary/aromatic N) is 3. The van der Waals surface area contributed by atoms with Crippen molar-refractivity contribution >= 4 is 16.5 Å². The second-order valence-corrected chi connectivity index (χ2v) is 9.57. The largest absolute Gasteiger partial charge is 0.497 e. The molecular formula is C28H31N3O. The second-order valence-electron chi connectivity index (χ2n) is 9.57. The molecule has 0 N–H and O–H groups in total. The predicted octanol–water partition coefficient (Wildman–Crippen LogP) is 5.44. The number of rotatable bonds is 5. The molecule has 1 saturated carbocycles. The highest BCUT2D eigenvalue weighted by Crippen LogP contribution is 2.38. The van der Waals surface area contributed by atoms with Crippen LogP contribution in [0.4, 0.5) is 0 Å². The van der Waals surface area contributed by atoms with E-state index in [9.17, 15) is 0 Å². The van der Waals surface area contributed by atoms with Crippen molar-refractivity contribution in [1.82, 2.24) is 9.91 Å². The van der Waals surface area contributed by atoms with E-state index in [1.165, 1.54) is 58.9 Å². The van der Waals surface area contributed by atoms with Crippen LogP contribution in [-0.2, 0) is 13.1 Å². The number of hydrogen-bond donors (Lipinski definition) is 0. The minimum atomic E-state index is 0.524. The first-order valence-electron chi connectivity index (χ1n) is 12.0. The van der Waals surface area contributed by atoms with Crippen molar-refractivity contribution < 1.29 is 4.74 Å². The maximum atomic E-state index is 5.50. The van der Waals surface area contributed by atoms with Gasteiger partial charge in [0.25, 0.3) is 0 Å². The van der Waals surface area contributed by atoms with Gasteiger partial charge in [0.05, 0.1) is 19.4 Å². The van der Waals surface area contributed by atoms with E-state index >= 15 is 0 Å². The minimum absolute atomic E-state index is 0.524. The average molecular weight is 426 g/mol. The summed E-state index contributed by atoms with van der Waals surface area (Å²) in [4.78, 5) is 2.60. The summed E-state index contributed by atoms with van der Waals surface area (Å²) in [7, 11) is 1.75. The van der Waals surface area contributed by atoms with Crippen LogP contribution in [-0.4, -0.2) is 41.9 Å². The summed E-state index contributed by atoms with van der Waals surface area (Å²) in [5.41, 5.74) is 5.45. The van der Waals surface area contributed by atoms with Crippen molar-refractivity contribution in [3.8, 4) is 5.75 Å². The van der Waals surface area contributed by atoms with E-state index in [4.69, 9.17) is 9.84 Å². The Kier molecular flexibility index (Phi) is 5.11. The number of fused-ring (bicyclic) bond motifs is 2. The molecule has 3 aromatic rings. The topological polar surface area (TPSA) is 28.1 Å². The fourth-order valence-electron chi connectivity index (χ4n) is 5.32. The molecule has 0 spiro atoms. The summed E-state index contributed by atoms with van der Waals surface area (Å²) in [5, 5.41) is 10.2. The van der Waals surface area contributed by atoms with E-state index in [1.54, 1.807) is 7.11 Å². The zero-order chi connectivity index (χ0) is 21.5. The van der Waals surface area contributed by atoms with Crippen molar-refractivity contribution in [2.75, 3.05) is 20.2 Å². The first kappa shape index (κ1) is 19.8. The van der Waals surface area contributed by atoms with Gasteiger partial charge in [-0.3, -0.25) is 9.91 Å². The number of piperidine rings is 1. The van der Waals surface area contributed by atoms with Crippen LogP contribution in [0.2, 0.25) is 0 Å². The van der Waals surface area contributed by atoms with Crippen molar-refractivity contribution in [3.05, 3.63) is 77.4 Å². The predicted molar refractivity (Wildman–Crippen MR) is 130 cm³/mol. The number of likely N-dealkylation sites (tertiary alicyclic amines) is 1. The number of benzene rings is 3. The Bertz CT molecular complexity index is 1160. The molecule has 3 aliphatic rings. The Morgan fingerprint density at radius 1 is 0.906 bits per heavy atom. The summed E-state index contributed by atoms with van der Waals surface area (Å²) in [6.45, 7) is 4.20. The fourth-order valence-corrected chi connectivity index (χ4v) is 5.32. The lowest BCUT2D eigenvalue weighted by atomic mass is 9.96. The molecular weight excluding hydrogens is 394 g/mol. The Morgan fingerprint density at radius 2 is 1.72 bits per heavy atom. The molecule has 0 radical (unpaired) electrons. The molecule has 32 heavy (non-hydrogen) atoms. The fraction of sp³-hybridized carbons (Fsp3) is 0.393. The highest BCUT2D eigenvalue weighted by atomic mass is 16.5. The first-order chi connectivity index (χ1) is 15.8. The molecule has 3 aromatic carbocycles. The quantitative estimate of drug-likeness (QED) is 0.545. The maximum Gasteiger partial charge on any atom is 0.119 e. The summed E-state index contributed by atoms with van der Waals surface area (Å²) < 4.78 is 5.50. The van der Waals surface area contributed by atoms with Crippen LogP contribution in [0.5, 0.6) is 5.75 Å². The van der Waals surface area contributed by atoms with Gasteiger partial charge < -0.3 is 4.74 Å². The van der Waals surface area contributed by atoms with Crippen LogP contribution < -0.4 is 4.74 Å². The number of ether oxygens (including phenoxy) is 1. The van der Waals surface area contributed by atoms with Gasteiger partial charge in [-0.25, -0.2) is 0 Å². The zero-order valence-electron chi connectivity index (χ0n) is 18.8. The van der Waals surface area contributed by atoms with Gasteiger partial charge in [0.15, 0.2) is 0 Å². The molecule has 4 nitrogen and oxygen atoms in total. The molecule has 1 aliphatic carbocycles. The SMILES string of the molecule is COc1ccc2c(c1)CN(C1CCN(Cc3ccc4ccccc4c3)CC1)N=C2C1CC1. The summed E-state index contributed by atoms with van der Waals surface area (Å²) in [5.74, 6) is 1.60.